The van der Waals surface area contributed by atoms with Gasteiger partial charge >= 0.3 is 0 Å². The third-order valence-electron chi connectivity index (χ3n) is 12.4. The van der Waals surface area contributed by atoms with E-state index in [4.69, 9.17) is 0 Å². The maximum absolute atomic E-state index is 16.0. The summed E-state index contributed by atoms with van der Waals surface area (Å²) in [6, 6.07) is 5.74. The van der Waals surface area contributed by atoms with Crippen molar-refractivity contribution in [2.45, 2.75) is 111 Å². The number of carbonyl (C=O) groups is 1. The number of alkyl halides is 6. The van der Waals surface area contributed by atoms with Crippen LogP contribution in [0.1, 0.15) is 98.2 Å². The lowest BCUT2D eigenvalue weighted by Gasteiger charge is -2.23. The van der Waals surface area contributed by atoms with Gasteiger partial charge in [0.2, 0.25) is 5.91 Å². The fourth-order valence-electron chi connectivity index (χ4n) is 8.78. The van der Waals surface area contributed by atoms with E-state index in [0.717, 1.165) is 22.9 Å². The molecule has 0 radical (unpaired) electrons. The quantitative estimate of drug-likeness (QED) is 0.0614. The SMILES string of the molecule is C=S(=O)(Nc1nn(CC(F)F)c2c(-c3ccc(C#CC(C)(C)S(=O)(=O)C4CC4)nc3[C@H](Cc3cc(F)cc(F)c3)NC(=O)Cn3nc(C(F)F)c4c3C(F)(F)[C@@H]3C[C@H]43)ccc(F)c12)C1CC1. The lowest BCUT2D eigenvalue weighted by atomic mass is 9.93. The summed E-state index contributed by atoms with van der Waals surface area (Å²) in [5.74, 6) is -0.994. The monoisotopic (exact) mass is 965 g/mol. The largest absolute Gasteiger partial charge is 0.346 e. The van der Waals surface area contributed by atoms with Gasteiger partial charge in [-0.2, -0.15) is 19.0 Å². The molecule has 66 heavy (non-hydrogen) atoms. The first-order chi connectivity index (χ1) is 31.0. The first-order valence-electron chi connectivity index (χ1n) is 20.9. The molecule has 22 heteroatoms. The minimum Gasteiger partial charge on any atom is -0.346 e. The predicted molar refractivity (Wildman–Crippen MR) is 227 cm³/mol. The summed E-state index contributed by atoms with van der Waals surface area (Å²) in [4.78, 5) is 18.8. The Hall–Kier alpha value is -5.56. The van der Waals surface area contributed by atoms with Crippen molar-refractivity contribution >= 4 is 48.0 Å². The van der Waals surface area contributed by atoms with Gasteiger partial charge in [0.1, 0.15) is 52.4 Å². The smallest absolute Gasteiger partial charge is 0.293 e. The van der Waals surface area contributed by atoms with Crippen LogP contribution in [-0.4, -0.2) is 70.6 Å². The number of amides is 1. The van der Waals surface area contributed by atoms with Crippen LogP contribution in [0.3, 0.4) is 0 Å². The van der Waals surface area contributed by atoms with Crippen LogP contribution < -0.4 is 10.0 Å². The topological polar surface area (TPSA) is 141 Å². The molecule has 11 nitrogen and oxygen atoms in total. The summed E-state index contributed by atoms with van der Waals surface area (Å²) in [6.45, 7) is 0.669. The van der Waals surface area contributed by atoms with E-state index in [1.165, 1.54) is 32.0 Å². The number of nitrogens with one attached hydrogen (secondary N) is 2. The fraction of sp³-hybridized carbons (Fsp3) is 0.432. The molecule has 3 aromatic heterocycles. The van der Waals surface area contributed by atoms with E-state index in [-0.39, 0.29) is 56.8 Å². The van der Waals surface area contributed by atoms with E-state index in [0.29, 0.717) is 36.4 Å². The number of sulfone groups is 1. The first kappa shape index (κ1) is 45.6. The Morgan fingerprint density at radius 1 is 0.924 bits per heavy atom. The van der Waals surface area contributed by atoms with E-state index < -0.39 is 126 Å². The van der Waals surface area contributed by atoms with Gasteiger partial charge in [0.15, 0.2) is 15.7 Å². The van der Waals surface area contributed by atoms with Gasteiger partial charge in [0.25, 0.3) is 18.8 Å². The predicted octanol–water partition coefficient (Wildman–Crippen LogP) is 8.14. The van der Waals surface area contributed by atoms with Gasteiger partial charge < -0.3 is 5.32 Å². The van der Waals surface area contributed by atoms with Crippen LogP contribution in [0.15, 0.2) is 42.5 Å². The number of hydrogen-bond acceptors (Lipinski definition) is 7. The molecule has 4 atom stereocenters. The molecule has 4 aliphatic carbocycles. The van der Waals surface area contributed by atoms with E-state index in [1.54, 1.807) is 0 Å². The minimum atomic E-state index is -3.76. The first-order valence-corrected chi connectivity index (χ1v) is 24.2. The van der Waals surface area contributed by atoms with Crippen molar-refractivity contribution in [1.29, 1.82) is 0 Å². The van der Waals surface area contributed by atoms with Gasteiger partial charge in [-0.3, -0.25) is 18.9 Å². The molecule has 2 N–H and O–H groups in total. The standard InChI is InChI=1S/C44H40F9N7O4S2/c1-43(2,66(63,64)26-7-8-26)13-12-24-4-9-27(28-10-11-31(47)36-39(28)59(19-33(48)49)57-42(36)58-65(3,62)25-5-6-25)37(54-24)32(16-21-14-22(45)17-23(46)15-21)55-34(61)20-60-40-35(38(56-60)41(50)51)29-18-30(29)44(40,52)53/h4,9-11,14-15,17,25-26,29-30,32-33,41H,3,5-8,16,18-20H2,1-2H3,(H,55,61)(H,57,58,62)/t29-,30+,32-,65?/m0/s1. The molecule has 3 heterocycles. The van der Waals surface area contributed by atoms with Gasteiger partial charge in [0, 0.05) is 43.6 Å². The zero-order chi connectivity index (χ0) is 47.4. The lowest BCUT2D eigenvalue weighted by Crippen LogP contribution is -2.35. The number of hydrogen-bond donors (Lipinski definition) is 2. The van der Waals surface area contributed by atoms with Gasteiger partial charge in [-0.15, -0.1) is 0 Å². The molecule has 5 aromatic rings. The van der Waals surface area contributed by atoms with Crippen molar-refractivity contribution in [3.63, 3.8) is 0 Å². The number of nitrogens with zero attached hydrogens (tertiary/aromatic N) is 5. The third kappa shape index (κ3) is 8.30. The number of halogens is 9. The third-order valence-corrected chi connectivity index (χ3v) is 17.3. The molecular formula is C44H40F9N7O4S2. The zero-order valence-electron chi connectivity index (χ0n) is 35.0. The Balaban J connectivity index is 1.22. The highest BCUT2D eigenvalue weighted by Gasteiger charge is 2.67. The molecule has 0 aliphatic heterocycles. The van der Waals surface area contributed by atoms with Crippen LogP contribution in [0.4, 0.5) is 45.3 Å². The van der Waals surface area contributed by atoms with Crippen molar-refractivity contribution in [3.8, 4) is 23.0 Å². The van der Waals surface area contributed by atoms with Crippen LogP contribution in [0, 0.1) is 35.2 Å². The van der Waals surface area contributed by atoms with Gasteiger partial charge in [-0.05, 0) is 112 Å². The summed E-state index contributed by atoms with van der Waals surface area (Å²) >= 11 is 0. The molecule has 0 bridgehead atoms. The molecule has 3 fully saturated rings. The highest BCUT2D eigenvalue weighted by Crippen LogP contribution is 2.68. The molecule has 9 rings (SSSR count). The second-order valence-corrected chi connectivity index (χ2v) is 22.8. The molecule has 0 spiro atoms. The second-order valence-electron chi connectivity index (χ2n) is 17.7. The normalized spacial score (nSPS) is 20.1. The van der Waals surface area contributed by atoms with E-state index in [2.05, 4.69) is 42.9 Å². The number of carbonyl (C=O) groups excluding carboxylic acids is 1. The molecule has 4 aliphatic rings. The number of aromatic nitrogens is 5. The summed E-state index contributed by atoms with van der Waals surface area (Å²) in [5.41, 5.74) is -2.85. The molecule has 350 valence electrons. The Morgan fingerprint density at radius 3 is 2.23 bits per heavy atom. The minimum absolute atomic E-state index is 0.0382. The van der Waals surface area contributed by atoms with Crippen LogP contribution in [0.25, 0.3) is 22.0 Å². The summed E-state index contributed by atoms with van der Waals surface area (Å²) in [5, 5.41) is 9.15. The van der Waals surface area contributed by atoms with Crippen molar-refractivity contribution < 1.29 is 56.9 Å². The molecule has 0 saturated heterocycles. The van der Waals surface area contributed by atoms with Crippen molar-refractivity contribution in [2.24, 2.45) is 5.92 Å². The molecule has 3 saturated carbocycles. The number of rotatable bonds is 15. The van der Waals surface area contributed by atoms with E-state index in [1.807, 2.05) is 0 Å². The van der Waals surface area contributed by atoms with Crippen molar-refractivity contribution in [3.05, 3.63) is 93.8 Å². The summed E-state index contributed by atoms with van der Waals surface area (Å²) < 4.78 is 176. The van der Waals surface area contributed by atoms with Gasteiger partial charge in [-0.1, -0.05) is 5.92 Å². The van der Waals surface area contributed by atoms with E-state index >= 15 is 13.2 Å². The maximum Gasteiger partial charge on any atom is 0.293 e. The molecule has 2 aromatic carbocycles. The van der Waals surface area contributed by atoms with E-state index in [9.17, 15) is 43.8 Å². The zero-order valence-corrected chi connectivity index (χ0v) is 36.7. The molecule has 1 amide bonds. The second kappa shape index (κ2) is 16.1. The number of benzene rings is 2. The Kier molecular flexibility index (Phi) is 11.1. The molecular weight excluding hydrogens is 926 g/mol. The summed E-state index contributed by atoms with van der Waals surface area (Å²) in [6.07, 6.45) is -4.88. The van der Waals surface area contributed by atoms with Gasteiger partial charge in [0.05, 0.1) is 27.9 Å². The van der Waals surface area contributed by atoms with Crippen LogP contribution in [0.2, 0.25) is 0 Å². The fourth-order valence-corrected chi connectivity index (χ4v) is 12.1. The lowest BCUT2D eigenvalue weighted by molar-refractivity contribution is -0.123. The molecule has 1 unspecified atom stereocenters. The summed E-state index contributed by atoms with van der Waals surface area (Å²) in [7, 11) is -6.91. The number of fused-ring (bicyclic) bond motifs is 4. The van der Waals surface area contributed by atoms with Crippen LogP contribution in [0.5, 0.6) is 0 Å². The average Bonchev–Trinajstić information content (AvgIpc) is 4.11. The Bertz CT molecular complexity index is 3100. The van der Waals surface area contributed by atoms with Crippen molar-refractivity contribution in [2.75, 3.05) is 4.72 Å². The van der Waals surface area contributed by atoms with Crippen molar-refractivity contribution in [1.82, 2.24) is 29.9 Å². The Morgan fingerprint density at radius 2 is 1.59 bits per heavy atom. The highest BCUT2D eigenvalue weighted by atomic mass is 32.2. The van der Waals surface area contributed by atoms with Crippen LogP contribution >= 0.6 is 0 Å². The number of anilines is 1. The Labute approximate surface area is 372 Å². The number of pyridine rings is 1. The average molecular weight is 966 g/mol. The van der Waals surface area contributed by atoms with Crippen LogP contribution in [-0.2, 0) is 49.8 Å². The van der Waals surface area contributed by atoms with Gasteiger partial charge in [-0.25, -0.2) is 48.3 Å². The highest BCUT2D eigenvalue weighted by molar-refractivity contribution is 8.02. The maximum atomic E-state index is 16.0.